The number of nitrogens with one attached hydrogen (secondary N) is 2. The number of thiazole rings is 1. The van der Waals surface area contributed by atoms with Gasteiger partial charge in [0.1, 0.15) is 0 Å². The molecule has 0 aliphatic rings. The Morgan fingerprint density at radius 2 is 2.47 bits per heavy atom. The first-order valence-electron chi connectivity index (χ1n) is 5.04. The largest absolute Gasteiger partial charge is 0.359 e. The third-order valence-corrected chi connectivity index (χ3v) is 2.92. The fraction of sp³-hybridized carbons (Fsp3) is 0.600. The van der Waals surface area contributed by atoms with Crippen LogP contribution >= 0.6 is 11.3 Å². The second kappa shape index (κ2) is 6.53. The summed E-state index contributed by atoms with van der Waals surface area (Å²) in [6.07, 6.45) is 3.26. The molecule has 0 fully saturated rings. The average Bonchev–Trinajstić information content (AvgIpc) is 2.70. The van der Waals surface area contributed by atoms with E-state index in [9.17, 15) is 4.79 Å². The van der Waals surface area contributed by atoms with Crippen molar-refractivity contribution in [1.82, 2.24) is 15.6 Å². The van der Waals surface area contributed by atoms with Crippen LogP contribution in [0.3, 0.4) is 0 Å². The van der Waals surface area contributed by atoms with E-state index < -0.39 is 0 Å². The van der Waals surface area contributed by atoms with Gasteiger partial charge in [0.15, 0.2) is 0 Å². The SMILES string of the molecule is CNC(=O)CC(C)NCCc1nccs1. The van der Waals surface area contributed by atoms with Gasteiger partial charge in [-0.05, 0) is 6.92 Å². The van der Waals surface area contributed by atoms with Crippen LogP contribution in [0.2, 0.25) is 0 Å². The molecule has 0 saturated carbocycles. The van der Waals surface area contributed by atoms with Crippen LogP contribution in [0.15, 0.2) is 11.6 Å². The van der Waals surface area contributed by atoms with Gasteiger partial charge in [-0.25, -0.2) is 4.98 Å². The van der Waals surface area contributed by atoms with E-state index in [4.69, 9.17) is 0 Å². The van der Waals surface area contributed by atoms with Crippen molar-refractivity contribution >= 4 is 17.2 Å². The Morgan fingerprint density at radius 1 is 1.67 bits per heavy atom. The number of hydrogen-bond donors (Lipinski definition) is 2. The number of nitrogens with zero attached hydrogens (tertiary/aromatic N) is 1. The number of amides is 1. The van der Waals surface area contributed by atoms with Crippen molar-refractivity contribution in [2.24, 2.45) is 0 Å². The van der Waals surface area contributed by atoms with E-state index in [1.54, 1.807) is 18.4 Å². The van der Waals surface area contributed by atoms with Gasteiger partial charge in [-0.1, -0.05) is 0 Å². The van der Waals surface area contributed by atoms with Crippen LogP contribution in [-0.2, 0) is 11.2 Å². The van der Waals surface area contributed by atoms with Crippen LogP contribution in [0.1, 0.15) is 18.4 Å². The molecule has 15 heavy (non-hydrogen) atoms. The molecular formula is C10H17N3OS. The van der Waals surface area contributed by atoms with Crippen LogP contribution in [-0.4, -0.2) is 30.5 Å². The van der Waals surface area contributed by atoms with Crippen LogP contribution < -0.4 is 10.6 Å². The lowest BCUT2D eigenvalue weighted by atomic mass is 10.2. The quantitative estimate of drug-likeness (QED) is 0.756. The number of carbonyl (C=O) groups is 1. The molecule has 1 amide bonds. The van der Waals surface area contributed by atoms with Crippen LogP contribution in [0.4, 0.5) is 0 Å². The van der Waals surface area contributed by atoms with Crippen molar-refractivity contribution in [1.29, 1.82) is 0 Å². The fourth-order valence-corrected chi connectivity index (χ4v) is 1.87. The summed E-state index contributed by atoms with van der Waals surface area (Å²) in [6.45, 7) is 2.88. The lowest BCUT2D eigenvalue weighted by molar-refractivity contribution is -0.121. The zero-order valence-electron chi connectivity index (χ0n) is 9.12. The second-order valence-corrected chi connectivity index (χ2v) is 4.39. The number of hydrogen-bond acceptors (Lipinski definition) is 4. The predicted molar refractivity (Wildman–Crippen MR) is 62.0 cm³/mol. The van der Waals surface area contributed by atoms with Gasteiger partial charge in [0.2, 0.25) is 5.91 Å². The first-order chi connectivity index (χ1) is 7.22. The summed E-state index contributed by atoms with van der Waals surface area (Å²) in [4.78, 5) is 15.2. The molecule has 0 bridgehead atoms. The Bertz CT molecular complexity index is 287. The van der Waals surface area contributed by atoms with Gasteiger partial charge < -0.3 is 10.6 Å². The molecule has 1 aromatic rings. The Balaban J connectivity index is 2.12. The second-order valence-electron chi connectivity index (χ2n) is 3.41. The summed E-state index contributed by atoms with van der Waals surface area (Å²) in [5.41, 5.74) is 0. The minimum Gasteiger partial charge on any atom is -0.359 e. The van der Waals surface area contributed by atoms with Gasteiger partial charge in [-0.15, -0.1) is 11.3 Å². The minimum atomic E-state index is 0.0734. The highest BCUT2D eigenvalue weighted by atomic mass is 32.1. The first-order valence-corrected chi connectivity index (χ1v) is 5.92. The Morgan fingerprint density at radius 3 is 3.07 bits per heavy atom. The maximum atomic E-state index is 11.1. The molecule has 0 saturated heterocycles. The van der Waals surface area contributed by atoms with Gasteiger partial charge in [0.05, 0.1) is 5.01 Å². The molecule has 4 nitrogen and oxygen atoms in total. The molecule has 2 N–H and O–H groups in total. The Kier molecular flexibility index (Phi) is 5.28. The molecule has 1 atom stereocenters. The molecule has 0 radical (unpaired) electrons. The van der Waals surface area contributed by atoms with E-state index in [0.29, 0.717) is 6.42 Å². The Hall–Kier alpha value is -0.940. The van der Waals surface area contributed by atoms with Crippen molar-refractivity contribution in [2.75, 3.05) is 13.6 Å². The van der Waals surface area contributed by atoms with Crippen molar-refractivity contribution in [3.05, 3.63) is 16.6 Å². The third-order valence-electron chi connectivity index (χ3n) is 2.09. The normalized spacial score (nSPS) is 12.4. The lowest BCUT2D eigenvalue weighted by Crippen LogP contribution is -2.33. The van der Waals surface area contributed by atoms with Crippen LogP contribution in [0.5, 0.6) is 0 Å². The van der Waals surface area contributed by atoms with Crippen LogP contribution in [0.25, 0.3) is 0 Å². The van der Waals surface area contributed by atoms with Gasteiger partial charge in [-0.3, -0.25) is 4.79 Å². The van der Waals surface area contributed by atoms with E-state index >= 15 is 0 Å². The molecule has 0 spiro atoms. The summed E-state index contributed by atoms with van der Waals surface area (Å²) in [5, 5.41) is 9.01. The number of aromatic nitrogens is 1. The molecule has 0 aliphatic carbocycles. The topological polar surface area (TPSA) is 54.0 Å². The maximum absolute atomic E-state index is 11.1. The fourth-order valence-electron chi connectivity index (χ4n) is 1.25. The van der Waals surface area contributed by atoms with Gasteiger partial charge in [0, 0.05) is 44.1 Å². The highest BCUT2D eigenvalue weighted by Crippen LogP contribution is 2.03. The van der Waals surface area contributed by atoms with E-state index in [0.717, 1.165) is 18.0 Å². The standard InChI is InChI=1S/C10H17N3OS/c1-8(7-9(14)11-2)12-4-3-10-13-5-6-15-10/h5-6,8,12H,3-4,7H2,1-2H3,(H,11,14). The van der Waals surface area contributed by atoms with Crippen molar-refractivity contribution in [3.63, 3.8) is 0 Å². The third kappa shape index (κ3) is 4.90. The summed E-state index contributed by atoms with van der Waals surface area (Å²) in [7, 11) is 1.66. The lowest BCUT2D eigenvalue weighted by Gasteiger charge is -2.11. The maximum Gasteiger partial charge on any atom is 0.221 e. The van der Waals surface area contributed by atoms with E-state index in [2.05, 4.69) is 15.6 Å². The van der Waals surface area contributed by atoms with E-state index in [1.165, 1.54) is 0 Å². The van der Waals surface area contributed by atoms with Crippen molar-refractivity contribution in [2.45, 2.75) is 25.8 Å². The number of rotatable bonds is 6. The molecule has 1 rings (SSSR count). The minimum absolute atomic E-state index is 0.0734. The highest BCUT2D eigenvalue weighted by molar-refractivity contribution is 7.09. The monoisotopic (exact) mass is 227 g/mol. The Labute approximate surface area is 94.1 Å². The molecule has 0 aliphatic heterocycles. The van der Waals surface area contributed by atoms with Crippen molar-refractivity contribution in [3.8, 4) is 0 Å². The van der Waals surface area contributed by atoms with Gasteiger partial charge >= 0.3 is 0 Å². The zero-order valence-corrected chi connectivity index (χ0v) is 9.93. The van der Waals surface area contributed by atoms with Crippen LogP contribution in [0, 0.1) is 0 Å². The number of carbonyl (C=O) groups excluding carboxylic acids is 1. The zero-order chi connectivity index (χ0) is 11.1. The molecule has 1 unspecified atom stereocenters. The van der Waals surface area contributed by atoms with Gasteiger partial charge in [-0.2, -0.15) is 0 Å². The molecular weight excluding hydrogens is 210 g/mol. The van der Waals surface area contributed by atoms with Gasteiger partial charge in [0.25, 0.3) is 0 Å². The molecule has 1 aromatic heterocycles. The van der Waals surface area contributed by atoms with E-state index in [1.807, 2.05) is 18.5 Å². The first kappa shape index (κ1) is 12.1. The summed E-state index contributed by atoms with van der Waals surface area (Å²) in [5.74, 6) is 0.0734. The molecule has 84 valence electrons. The summed E-state index contributed by atoms with van der Waals surface area (Å²) < 4.78 is 0. The molecule has 5 heteroatoms. The smallest absolute Gasteiger partial charge is 0.221 e. The summed E-state index contributed by atoms with van der Waals surface area (Å²) in [6, 6.07) is 0.213. The summed E-state index contributed by atoms with van der Waals surface area (Å²) >= 11 is 1.66. The predicted octanol–water partition coefficient (Wildman–Crippen LogP) is 0.800. The molecule has 1 heterocycles. The van der Waals surface area contributed by atoms with Crippen molar-refractivity contribution < 1.29 is 4.79 Å². The highest BCUT2D eigenvalue weighted by Gasteiger charge is 2.06. The van der Waals surface area contributed by atoms with E-state index in [-0.39, 0.29) is 11.9 Å². The average molecular weight is 227 g/mol. The molecule has 0 aromatic carbocycles.